The van der Waals surface area contributed by atoms with Crippen LogP contribution in [0.1, 0.15) is 49.7 Å². The van der Waals surface area contributed by atoms with Crippen molar-refractivity contribution in [2.24, 2.45) is 17.3 Å². The second kappa shape index (κ2) is 7.56. The van der Waals surface area contributed by atoms with Crippen LogP contribution in [0.5, 0.6) is 0 Å². The molecule has 0 N–H and O–H groups in total. The second-order valence-electron chi connectivity index (χ2n) is 10.9. The third-order valence-electron chi connectivity index (χ3n) is 8.75. The highest BCUT2D eigenvalue weighted by molar-refractivity contribution is 6.28. The molecule has 6 nitrogen and oxygen atoms in total. The van der Waals surface area contributed by atoms with Gasteiger partial charge in [0.2, 0.25) is 11.2 Å². The maximum absolute atomic E-state index is 14.0. The summed E-state index contributed by atoms with van der Waals surface area (Å²) in [5.74, 6) is 1.63. The van der Waals surface area contributed by atoms with Gasteiger partial charge in [0.1, 0.15) is 6.33 Å². The Morgan fingerprint density at radius 2 is 1.81 bits per heavy atom. The minimum Gasteiger partial charge on any atom is -0.340 e. The van der Waals surface area contributed by atoms with Gasteiger partial charge in [-0.25, -0.2) is 9.67 Å². The van der Waals surface area contributed by atoms with Crippen LogP contribution in [0.25, 0.3) is 0 Å². The van der Waals surface area contributed by atoms with Crippen molar-refractivity contribution in [1.29, 1.82) is 0 Å². The largest absolute Gasteiger partial charge is 0.340 e. The maximum atomic E-state index is 14.0. The molecular weight excluding hydrogens is 422 g/mol. The van der Waals surface area contributed by atoms with Crippen LogP contribution < -0.4 is 0 Å². The van der Waals surface area contributed by atoms with Crippen molar-refractivity contribution in [3.8, 4) is 0 Å². The predicted octanol–water partition coefficient (Wildman–Crippen LogP) is 3.88. The van der Waals surface area contributed by atoms with Crippen LogP contribution in [0.3, 0.4) is 0 Å². The van der Waals surface area contributed by atoms with Crippen molar-refractivity contribution in [2.75, 3.05) is 26.2 Å². The Bertz CT molecular complexity index is 1010. The molecule has 5 fully saturated rings. The fraction of sp³-hybridized carbons (Fsp3) is 0.640. The van der Waals surface area contributed by atoms with Gasteiger partial charge in [-0.05, 0) is 80.0 Å². The Morgan fingerprint density at radius 1 is 1.09 bits per heavy atom. The molecule has 2 aromatic rings. The summed E-state index contributed by atoms with van der Waals surface area (Å²) in [6, 6.07) is 8.62. The van der Waals surface area contributed by atoms with Gasteiger partial charge >= 0.3 is 0 Å². The van der Waals surface area contributed by atoms with Crippen LogP contribution in [0.2, 0.25) is 5.28 Å². The summed E-state index contributed by atoms with van der Waals surface area (Å²) in [6.45, 7) is 6.73. The topological polar surface area (TPSA) is 54.3 Å². The van der Waals surface area contributed by atoms with E-state index < -0.39 is 0 Å². The summed E-state index contributed by atoms with van der Waals surface area (Å²) in [6.07, 6.45) is 8.28. The van der Waals surface area contributed by atoms with Crippen LogP contribution in [-0.2, 0) is 16.9 Å². The van der Waals surface area contributed by atoms with Crippen molar-refractivity contribution in [3.63, 3.8) is 0 Å². The molecule has 32 heavy (non-hydrogen) atoms. The first-order valence-corrected chi connectivity index (χ1v) is 12.5. The molecule has 2 unspecified atom stereocenters. The van der Waals surface area contributed by atoms with E-state index in [0.717, 1.165) is 64.8 Å². The number of carbonyl (C=O) groups excluding carboxylic acids is 1. The molecule has 1 aromatic carbocycles. The van der Waals surface area contributed by atoms with E-state index in [4.69, 9.17) is 11.6 Å². The zero-order valence-electron chi connectivity index (χ0n) is 18.8. The van der Waals surface area contributed by atoms with Gasteiger partial charge in [0.25, 0.3) is 0 Å². The van der Waals surface area contributed by atoms with Crippen molar-refractivity contribution < 1.29 is 4.79 Å². The zero-order chi connectivity index (χ0) is 21.9. The minimum absolute atomic E-state index is 0.0768. The number of benzene rings is 1. The Kier molecular flexibility index (Phi) is 4.88. The van der Waals surface area contributed by atoms with E-state index in [9.17, 15) is 4.79 Å². The van der Waals surface area contributed by atoms with Crippen molar-refractivity contribution in [3.05, 3.63) is 47.0 Å². The molecule has 170 valence electrons. The zero-order valence-corrected chi connectivity index (χ0v) is 19.6. The third kappa shape index (κ3) is 3.38. The molecule has 7 rings (SSSR count). The summed E-state index contributed by atoms with van der Waals surface area (Å²) >= 11 is 6.08. The Hall–Kier alpha value is -1.92. The molecule has 1 aromatic heterocycles. The summed E-state index contributed by atoms with van der Waals surface area (Å²) in [4.78, 5) is 22.8. The minimum atomic E-state index is -0.222. The monoisotopic (exact) mass is 453 g/mol. The molecule has 2 atom stereocenters. The van der Waals surface area contributed by atoms with Gasteiger partial charge < -0.3 is 4.90 Å². The van der Waals surface area contributed by atoms with Gasteiger partial charge in [-0.3, -0.25) is 9.69 Å². The van der Waals surface area contributed by atoms with E-state index in [1.165, 1.54) is 17.5 Å². The van der Waals surface area contributed by atoms with Crippen LogP contribution in [0, 0.1) is 24.2 Å². The van der Waals surface area contributed by atoms with Gasteiger partial charge in [0.05, 0.1) is 11.0 Å². The van der Waals surface area contributed by atoms with Crippen LogP contribution in [0.4, 0.5) is 0 Å². The smallest absolute Gasteiger partial charge is 0.242 e. The van der Waals surface area contributed by atoms with E-state index in [0.29, 0.717) is 23.0 Å². The van der Waals surface area contributed by atoms with Gasteiger partial charge in [-0.2, -0.15) is 0 Å². The van der Waals surface area contributed by atoms with Crippen molar-refractivity contribution in [2.45, 2.75) is 57.5 Å². The standard InChI is InChI=1S/C25H32ClN5O/c1-18-4-2-3-5-21(18)15-29-6-8-30(9-7-29)22(32)24-11-19-10-20(12-24)14-25(13-19,16-24)31-17-27-23(26)28-31/h2-5,17,19-20H,6-16H2,1H3. The van der Waals surface area contributed by atoms with Gasteiger partial charge in [-0.15, -0.1) is 5.10 Å². The quantitative estimate of drug-likeness (QED) is 0.705. The normalized spacial score (nSPS) is 34.2. The highest BCUT2D eigenvalue weighted by Gasteiger charge is 2.62. The first kappa shape index (κ1) is 20.7. The third-order valence-corrected chi connectivity index (χ3v) is 8.92. The molecule has 5 aliphatic rings. The fourth-order valence-electron chi connectivity index (χ4n) is 7.68. The van der Waals surface area contributed by atoms with E-state index in [1.54, 1.807) is 6.33 Å². The lowest BCUT2D eigenvalue weighted by Gasteiger charge is -2.61. The molecule has 0 radical (unpaired) electrons. The molecule has 1 saturated heterocycles. The lowest BCUT2D eigenvalue weighted by Crippen LogP contribution is -2.62. The van der Waals surface area contributed by atoms with E-state index in [2.05, 4.69) is 51.1 Å². The highest BCUT2D eigenvalue weighted by atomic mass is 35.5. The lowest BCUT2D eigenvalue weighted by molar-refractivity contribution is -0.168. The Labute approximate surface area is 194 Å². The number of piperazine rings is 1. The first-order valence-electron chi connectivity index (χ1n) is 12.1. The molecule has 2 heterocycles. The summed E-state index contributed by atoms with van der Waals surface area (Å²) in [5.41, 5.74) is 2.44. The van der Waals surface area contributed by atoms with E-state index >= 15 is 0 Å². The van der Waals surface area contributed by atoms with Gasteiger partial charge in [0, 0.05) is 32.7 Å². The average Bonchev–Trinajstić information content (AvgIpc) is 3.22. The first-order chi connectivity index (χ1) is 15.4. The van der Waals surface area contributed by atoms with Crippen molar-refractivity contribution >= 4 is 17.5 Å². The Morgan fingerprint density at radius 3 is 2.47 bits per heavy atom. The summed E-state index contributed by atoms with van der Waals surface area (Å²) in [7, 11) is 0. The van der Waals surface area contributed by atoms with Crippen molar-refractivity contribution in [1.82, 2.24) is 24.6 Å². The molecule has 1 amide bonds. The van der Waals surface area contributed by atoms with E-state index in [1.807, 2.05) is 4.68 Å². The average molecular weight is 454 g/mol. The summed E-state index contributed by atoms with van der Waals surface area (Å²) in [5, 5.41) is 4.81. The number of rotatable bonds is 4. The molecule has 4 bridgehead atoms. The molecule has 7 heteroatoms. The molecule has 4 aliphatic carbocycles. The van der Waals surface area contributed by atoms with E-state index in [-0.39, 0.29) is 11.0 Å². The van der Waals surface area contributed by atoms with Gasteiger partial charge in [-0.1, -0.05) is 24.3 Å². The number of hydrogen-bond donors (Lipinski definition) is 0. The summed E-state index contributed by atoms with van der Waals surface area (Å²) < 4.78 is 2.01. The number of nitrogens with zero attached hydrogens (tertiary/aromatic N) is 5. The second-order valence-corrected chi connectivity index (χ2v) is 11.3. The molecule has 4 saturated carbocycles. The lowest BCUT2D eigenvalue weighted by atomic mass is 9.46. The van der Waals surface area contributed by atoms with Crippen LogP contribution in [-0.4, -0.2) is 56.7 Å². The maximum Gasteiger partial charge on any atom is 0.242 e. The number of amides is 1. The van der Waals surface area contributed by atoms with Gasteiger partial charge in [0.15, 0.2) is 0 Å². The number of hydrogen-bond acceptors (Lipinski definition) is 4. The highest BCUT2D eigenvalue weighted by Crippen LogP contribution is 2.64. The number of carbonyl (C=O) groups is 1. The molecule has 0 spiro atoms. The van der Waals surface area contributed by atoms with Crippen LogP contribution >= 0.6 is 11.6 Å². The predicted molar refractivity (Wildman–Crippen MR) is 123 cm³/mol. The fourth-order valence-corrected chi connectivity index (χ4v) is 7.80. The molecular formula is C25H32ClN5O. The molecule has 1 aliphatic heterocycles. The number of aryl methyl sites for hydroxylation is 1. The Balaban J connectivity index is 1.17. The number of halogens is 1. The number of aromatic nitrogens is 3. The SMILES string of the molecule is Cc1ccccc1CN1CCN(C(=O)C23CC4CC(C2)CC(n2cnc(Cl)n2)(C4)C3)CC1. The van der Waals surface area contributed by atoms with Crippen LogP contribution in [0.15, 0.2) is 30.6 Å².